The highest BCUT2D eigenvalue weighted by Gasteiger charge is 2.23. The fourth-order valence-electron chi connectivity index (χ4n) is 4.58. The molecule has 0 spiro atoms. The second kappa shape index (κ2) is 10.5. The molecule has 0 radical (unpaired) electrons. The molecule has 178 valence electrons. The molecule has 1 aliphatic heterocycles. The fraction of sp³-hybridized carbons (Fsp3) is 0.407. The third-order valence-corrected chi connectivity index (χ3v) is 6.69. The number of halogens is 1. The summed E-state index contributed by atoms with van der Waals surface area (Å²) in [4.78, 5) is 36.0. The Bertz CT molecular complexity index is 1200. The number of aromatic nitrogens is 2. The fourth-order valence-corrected chi connectivity index (χ4v) is 4.70. The van der Waals surface area contributed by atoms with E-state index >= 15 is 0 Å². The molecular formula is C27H30ClN3O3. The molecule has 2 atom stereocenters. The Kier molecular flexibility index (Phi) is 7.47. The summed E-state index contributed by atoms with van der Waals surface area (Å²) in [5.74, 6) is -0.236. The van der Waals surface area contributed by atoms with Crippen LogP contribution < -0.4 is 0 Å². The number of hydrogen-bond acceptors (Lipinski definition) is 4. The van der Waals surface area contributed by atoms with Crippen molar-refractivity contribution in [3.05, 3.63) is 58.7 Å². The van der Waals surface area contributed by atoms with Crippen molar-refractivity contribution in [3.8, 4) is 11.3 Å². The molecule has 1 amide bonds. The predicted molar refractivity (Wildman–Crippen MR) is 134 cm³/mol. The van der Waals surface area contributed by atoms with Crippen LogP contribution in [0.3, 0.4) is 0 Å². The number of carbonyl (C=O) groups excluding carboxylic acids is 1. The van der Waals surface area contributed by atoms with Crippen LogP contribution in [0.5, 0.6) is 0 Å². The Morgan fingerprint density at radius 2 is 1.91 bits per heavy atom. The smallest absolute Gasteiger partial charge is 0.303 e. The zero-order valence-electron chi connectivity index (χ0n) is 19.6. The molecule has 3 aromatic rings. The van der Waals surface area contributed by atoms with Gasteiger partial charge in [-0.15, -0.1) is 0 Å². The highest BCUT2D eigenvalue weighted by atomic mass is 35.5. The first-order valence-electron chi connectivity index (χ1n) is 11.9. The number of aryl methyl sites for hydroxylation is 1. The van der Waals surface area contributed by atoms with Crippen LogP contribution in [0.2, 0.25) is 5.02 Å². The first-order valence-corrected chi connectivity index (χ1v) is 12.3. The van der Waals surface area contributed by atoms with Crippen molar-refractivity contribution in [2.75, 3.05) is 13.1 Å². The van der Waals surface area contributed by atoms with Crippen molar-refractivity contribution in [2.45, 2.75) is 46.0 Å². The number of benzene rings is 2. The van der Waals surface area contributed by atoms with Crippen LogP contribution in [-0.4, -0.2) is 44.9 Å². The number of carboxylic acid groups (broad SMARTS) is 1. The number of aliphatic carboxylic acids is 1. The van der Waals surface area contributed by atoms with E-state index in [2.05, 4.69) is 6.92 Å². The maximum atomic E-state index is 13.1. The van der Waals surface area contributed by atoms with Gasteiger partial charge in [0.15, 0.2) is 0 Å². The van der Waals surface area contributed by atoms with Gasteiger partial charge in [-0.1, -0.05) is 37.6 Å². The Hall–Kier alpha value is -2.99. The first-order chi connectivity index (χ1) is 16.3. The lowest BCUT2D eigenvalue weighted by Crippen LogP contribution is -2.39. The topological polar surface area (TPSA) is 83.4 Å². The zero-order valence-corrected chi connectivity index (χ0v) is 20.4. The minimum atomic E-state index is -0.801. The molecule has 7 heteroatoms. The van der Waals surface area contributed by atoms with E-state index < -0.39 is 5.97 Å². The molecule has 1 aromatic heterocycles. The van der Waals surface area contributed by atoms with Crippen LogP contribution in [0.1, 0.15) is 55.6 Å². The predicted octanol–water partition coefficient (Wildman–Crippen LogP) is 5.87. The number of carboxylic acids is 1. The van der Waals surface area contributed by atoms with Gasteiger partial charge in [0.25, 0.3) is 5.91 Å². The first kappa shape index (κ1) is 24.1. The number of hydrogen-bond donors (Lipinski definition) is 1. The number of carbonyl (C=O) groups is 2. The van der Waals surface area contributed by atoms with Gasteiger partial charge in [0.1, 0.15) is 0 Å². The Labute approximate surface area is 205 Å². The molecule has 2 heterocycles. The van der Waals surface area contributed by atoms with Crippen LogP contribution in [0.15, 0.2) is 42.5 Å². The van der Waals surface area contributed by atoms with Gasteiger partial charge in [-0.05, 0) is 67.9 Å². The maximum absolute atomic E-state index is 13.1. The van der Waals surface area contributed by atoms with Gasteiger partial charge in [0.05, 0.1) is 22.4 Å². The second-order valence-electron chi connectivity index (χ2n) is 9.47. The van der Waals surface area contributed by atoms with E-state index in [0.29, 0.717) is 34.9 Å². The van der Waals surface area contributed by atoms with Crippen molar-refractivity contribution in [1.82, 2.24) is 14.9 Å². The van der Waals surface area contributed by atoms with Gasteiger partial charge in [0.2, 0.25) is 0 Å². The molecule has 34 heavy (non-hydrogen) atoms. The molecular weight excluding hydrogens is 450 g/mol. The largest absolute Gasteiger partial charge is 0.481 e. The van der Waals surface area contributed by atoms with Crippen molar-refractivity contribution >= 4 is 34.5 Å². The van der Waals surface area contributed by atoms with E-state index in [9.17, 15) is 9.59 Å². The third-order valence-electron chi connectivity index (χ3n) is 6.44. The van der Waals surface area contributed by atoms with Crippen LogP contribution in [0.25, 0.3) is 22.3 Å². The van der Waals surface area contributed by atoms with E-state index in [4.69, 9.17) is 26.7 Å². The number of fused-ring (bicyclic) bond motifs is 1. The standard InChI is InChI=1S/C27H30ClN3O3/c1-17(14-25(32)33)5-11-23-26(19-6-9-21(28)10-7-19)30-22-12-8-20(15-24(22)29-23)27(34)31-13-3-4-18(2)16-31/h6-10,12,15,17-18H,3-5,11,13-14,16H2,1-2H3,(H,32,33)/t17?,18-/m0/s1. The number of nitrogens with zero attached hydrogens (tertiary/aromatic N) is 3. The zero-order chi connectivity index (χ0) is 24.2. The number of piperidine rings is 1. The normalized spacial score (nSPS) is 17.0. The molecule has 0 aliphatic carbocycles. The monoisotopic (exact) mass is 479 g/mol. The SMILES string of the molecule is CC(CCc1nc2cc(C(=O)N3CCC[C@H](C)C3)ccc2nc1-c1ccc(Cl)cc1)CC(=O)O. The summed E-state index contributed by atoms with van der Waals surface area (Å²) >= 11 is 6.08. The molecule has 4 rings (SSSR count). The van der Waals surface area contributed by atoms with Gasteiger partial charge in [-0.2, -0.15) is 0 Å². The maximum Gasteiger partial charge on any atom is 0.303 e. The van der Waals surface area contributed by atoms with Crippen molar-refractivity contribution in [2.24, 2.45) is 11.8 Å². The van der Waals surface area contributed by atoms with Crippen LogP contribution in [0, 0.1) is 11.8 Å². The van der Waals surface area contributed by atoms with E-state index in [0.717, 1.165) is 48.4 Å². The number of likely N-dealkylation sites (tertiary alicyclic amines) is 1. The van der Waals surface area contributed by atoms with Crippen LogP contribution in [0.4, 0.5) is 0 Å². The van der Waals surface area contributed by atoms with Crippen LogP contribution in [-0.2, 0) is 11.2 Å². The Balaban J connectivity index is 1.69. The summed E-state index contributed by atoms with van der Waals surface area (Å²) in [7, 11) is 0. The summed E-state index contributed by atoms with van der Waals surface area (Å²) in [5, 5.41) is 9.75. The molecule has 1 N–H and O–H groups in total. The van der Waals surface area contributed by atoms with Gasteiger partial charge < -0.3 is 10.0 Å². The third kappa shape index (κ3) is 5.73. The molecule has 1 fully saturated rings. The number of amides is 1. The highest BCUT2D eigenvalue weighted by molar-refractivity contribution is 6.30. The van der Waals surface area contributed by atoms with E-state index in [1.165, 1.54) is 0 Å². The summed E-state index contributed by atoms with van der Waals surface area (Å²) in [6.45, 7) is 5.68. The van der Waals surface area contributed by atoms with Gasteiger partial charge in [-0.25, -0.2) is 9.97 Å². The lowest BCUT2D eigenvalue weighted by atomic mass is 9.98. The minimum Gasteiger partial charge on any atom is -0.481 e. The van der Waals surface area contributed by atoms with Crippen molar-refractivity contribution in [1.29, 1.82) is 0 Å². The van der Waals surface area contributed by atoms with E-state index in [-0.39, 0.29) is 18.2 Å². The lowest BCUT2D eigenvalue weighted by Gasteiger charge is -2.31. The van der Waals surface area contributed by atoms with Crippen molar-refractivity contribution < 1.29 is 14.7 Å². The molecule has 6 nitrogen and oxygen atoms in total. The second-order valence-corrected chi connectivity index (χ2v) is 9.91. The summed E-state index contributed by atoms with van der Waals surface area (Å²) in [5.41, 5.74) is 4.48. The molecule has 1 aliphatic rings. The Morgan fingerprint density at radius 1 is 1.15 bits per heavy atom. The Morgan fingerprint density at radius 3 is 2.62 bits per heavy atom. The van der Waals surface area contributed by atoms with Crippen molar-refractivity contribution in [3.63, 3.8) is 0 Å². The lowest BCUT2D eigenvalue weighted by molar-refractivity contribution is -0.138. The molecule has 0 bridgehead atoms. The molecule has 2 aromatic carbocycles. The van der Waals surface area contributed by atoms with Gasteiger partial charge >= 0.3 is 5.97 Å². The van der Waals surface area contributed by atoms with E-state index in [1.807, 2.05) is 54.3 Å². The highest BCUT2D eigenvalue weighted by Crippen LogP contribution is 2.28. The summed E-state index contributed by atoms with van der Waals surface area (Å²) < 4.78 is 0. The van der Waals surface area contributed by atoms with Gasteiger partial charge in [-0.3, -0.25) is 9.59 Å². The average Bonchev–Trinajstić information content (AvgIpc) is 2.81. The minimum absolute atomic E-state index is 0.0158. The van der Waals surface area contributed by atoms with E-state index in [1.54, 1.807) is 0 Å². The quantitative estimate of drug-likeness (QED) is 0.458. The van der Waals surface area contributed by atoms with Gasteiger partial charge in [0, 0.05) is 35.7 Å². The summed E-state index contributed by atoms with van der Waals surface area (Å²) in [6, 6.07) is 13.0. The molecule has 1 unspecified atom stereocenters. The van der Waals surface area contributed by atoms with Crippen LogP contribution >= 0.6 is 11.6 Å². The molecule has 0 saturated carbocycles. The number of rotatable bonds is 7. The summed E-state index contributed by atoms with van der Waals surface area (Å²) in [6.07, 6.45) is 3.58. The average molecular weight is 480 g/mol. The molecule has 1 saturated heterocycles.